The van der Waals surface area contributed by atoms with E-state index in [1.165, 1.54) is 24.1 Å². The molecule has 2 unspecified atom stereocenters. The Morgan fingerprint density at radius 2 is 2.10 bits per heavy atom. The fourth-order valence-corrected chi connectivity index (χ4v) is 2.40. The third-order valence-corrected chi connectivity index (χ3v) is 3.53. The zero-order valence-corrected chi connectivity index (χ0v) is 11.4. The van der Waals surface area contributed by atoms with Gasteiger partial charge in [0.2, 0.25) is 0 Å². The molecule has 0 bridgehead atoms. The number of nitrogens with zero attached hydrogens (tertiary/aromatic N) is 1. The minimum absolute atomic E-state index is 0.110. The minimum atomic E-state index is -1.07. The molecule has 1 aromatic carbocycles. The molecule has 6 heteroatoms. The van der Waals surface area contributed by atoms with Crippen LogP contribution in [-0.2, 0) is 9.53 Å². The van der Waals surface area contributed by atoms with Crippen LogP contribution in [-0.4, -0.2) is 52.8 Å². The maximum absolute atomic E-state index is 12.4. The summed E-state index contributed by atoms with van der Waals surface area (Å²) in [5.74, 6) is -1.70. The number of carboxylic acid groups (broad SMARTS) is 1. The number of likely N-dealkylation sites (tertiary alicyclic amines) is 1. The van der Waals surface area contributed by atoms with Gasteiger partial charge in [0.25, 0.3) is 5.91 Å². The largest absolute Gasteiger partial charge is 0.507 e. The van der Waals surface area contributed by atoms with Gasteiger partial charge in [-0.1, -0.05) is 6.07 Å². The van der Waals surface area contributed by atoms with Gasteiger partial charge in [-0.3, -0.25) is 4.79 Å². The zero-order chi connectivity index (χ0) is 14.9. The van der Waals surface area contributed by atoms with Crippen LogP contribution in [0.5, 0.6) is 5.75 Å². The molecule has 6 nitrogen and oxygen atoms in total. The Labute approximate surface area is 116 Å². The second-order valence-corrected chi connectivity index (χ2v) is 4.93. The number of ether oxygens (including phenoxy) is 1. The van der Waals surface area contributed by atoms with Crippen molar-refractivity contribution in [1.82, 2.24) is 4.90 Å². The number of hydrogen-bond acceptors (Lipinski definition) is 4. The highest BCUT2D eigenvalue weighted by Crippen LogP contribution is 2.26. The van der Waals surface area contributed by atoms with Gasteiger partial charge >= 0.3 is 5.97 Å². The Balaban J connectivity index is 2.29. The van der Waals surface area contributed by atoms with Crippen LogP contribution in [0.1, 0.15) is 22.3 Å². The van der Waals surface area contributed by atoms with Gasteiger partial charge in [0.05, 0.1) is 11.7 Å². The third-order valence-electron chi connectivity index (χ3n) is 3.53. The summed E-state index contributed by atoms with van der Waals surface area (Å²) < 4.78 is 5.14. The number of benzene rings is 1. The van der Waals surface area contributed by atoms with Crippen molar-refractivity contribution in [3.05, 3.63) is 29.3 Å². The number of phenolic OH excluding ortho intramolecular Hbond substituents is 1. The Bertz CT molecular complexity index is 542. The van der Waals surface area contributed by atoms with Crippen molar-refractivity contribution < 1.29 is 24.5 Å². The van der Waals surface area contributed by atoms with Crippen molar-refractivity contribution in [1.29, 1.82) is 0 Å². The minimum Gasteiger partial charge on any atom is -0.507 e. The smallest absolute Gasteiger partial charge is 0.326 e. The van der Waals surface area contributed by atoms with Gasteiger partial charge in [-0.05, 0) is 24.6 Å². The Kier molecular flexibility index (Phi) is 3.94. The molecule has 1 aliphatic heterocycles. The first-order valence-corrected chi connectivity index (χ1v) is 6.30. The SMILES string of the molecule is COC1CC(C(=O)O)N(C(=O)c2ccc(C)cc2O)C1. The summed E-state index contributed by atoms with van der Waals surface area (Å²) in [5.41, 5.74) is 0.934. The molecule has 0 saturated carbocycles. The lowest BCUT2D eigenvalue weighted by molar-refractivity contribution is -0.141. The van der Waals surface area contributed by atoms with E-state index in [0.29, 0.717) is 0 Å². The number of carbonyl (C=O) groups is 2. The maximum atomic E-state index is 12.4. The molecule has 1 amide bonds. The fourth-order valence-electron chi connectivity index (χ4n) is 2.40. The first kappa shape index (κ1) is 14.3. The summed E-state index contributed by atoms with van der Waals surface area (Å²) in [7, 11) is 1.49. The number of methoxy groups -OCH3 is 1. The van der Waals surface area contributed by atoms with E-state index in [4.69, 9.17) is 4.74 Å². The highest BCUT2D eigenvalue weighted by Gasteiger charge is 2.40. The fraction of sp³-hybridized carbons (Fsp3) is 0.429. The predicted octanol–water partition coefficient (Wildman–Crippen LogP) is 1.01. The second kappa shape index (κ2) is 5.50. The van der Waals surface area contributed by atoms with E-state index in [1.54, 1.807) is 13.0 Å². The summed E-state index contributed by atoms with van der Waals surface area (Å²) in [6, 6.07) is 3.76. The molecule has 0 aliphatic carbocycles. The van der Waals surface area contributed by atoms with E-state index in [-0.39, 0.29) is 30.4 Å². The molecule has 0 aromatic heterocycles. The number of aryl methyl sites for hydroxylation is 1. The summed E-state index contributed by atoms with van der Waals surface area (Å²) >= 11 is 0. The molecule has 1 heterocycles. The molecule has 2 N–H and O–H groups in total. The van der Waals surface area contributed by atoms with Gasteiger partial charge in [0.15, 0.2) is 0 Å². The van der Waals surface area contributed by atoms with Gasteiger partial charge in [-0.2, -0.15) is 0 Å². The number of amides is 1. The third kappa shape index (κ3) is 2.60. The van der Waals surface area contributed by atoms with Gasteiger partial charge in [0, 0.05) is 20.1 Å². The van der Waals surface area contributed by atoms with Gasteiger partial charge in [0.1, 0.15) is 11.8 Å². The highest BCUT2D eigenvalue weighted by molar-refractivity contribution is 5.99. The van der Waals surface area contributed by atoms with E-state index in [0.717, 1.165) is 5.56 Å². The van der Waals surface area contributed by atoms with Crippen molar-refractivity contribution in [2.75, 3.05) is 13.7 Å². The summed E-state index contributed by atoms with van der Waals surface area (Å²) in [5, 5.41) is 19.0. The van der Waals surface area contributed by atoms with Crippen LogP contribution >= 0.6 is 0 Å². The second-order valence-electron chi connectivity index (χ2n) is 4.93. The van der Waals surface area contributed by atoms with E-state index in [1.807, 2.05) is 0 Å². The normalized spacial score (nSPS) is 22.0. The number of rotatable bonds is 3. The number of phenols is 1. The summed E-state index contributed by atoms with van der Waals surface area (Å²) in [6.45, 7) is 2.00. The molecule has 0 radical (unpaired) electrons. The van der Waals surface area contributed by atoms with Crippen molar-refractivity contribution in [3.63, 3.8) is 0 Å². The monoisotopic (exact) mass is 279 g/mol. The summed E-state index contributed by atoms with van der Waals surface area (Å²) in [4.78, 5) is 24.9. The molecule has 2 rings (SSSR count). The van der Waals surface area contributed by atoms with Gasteiger partial charge in [-0.25, -0.2) is 4.79 Å². The maximum Gasteiger partial charge on any atom is 0.326 e. The Hall–Kier alpha value is -2.08. The topological polar surface area (TPSA) is 87.1 Å². The predicted molar refractivity (Wildman–Crippen MR) is 70.7 cm³/mol. The molecule has 2 atom stereocenters. The number of aliphatic carboxylic acids is 1. The molecular weight excluding hydrogens is 262 g/mol. The lowest BCUT2D eigenvalue weighted by atomic mass is 10.1. The van der Waals surface area contributed by atoms with E-state index >= 15 is 0 Å². The lowest BCUT2D eigenvalue weighted by Crippen LogP contribution is -2.40. The van der Waals surface area contributed by atoms with Crippen molar-refractivity contribution in [2.24, 2.45) is 0 Å². The first-order chi connectivity index (χ1) is 9.43. The van der Waals surface area contributed by atoms with E-state index < -0.39 is 17.9 Å². The molecule has 1 fully saturated rings. The standard InChI is InChI=1S/C14H17NO5/c1-8-3-4-10(12(16)5-8)13(17)15-7-9(20-2)6-11(15)14(18)19/h3-5,9,11,16H,6-7H2,1-2H3,(H,18,19). The van der Waals surface area contributed by atoms with Crippen molar-refractivity contribution in [2.45, 2.75) is 25.5 Å². The average Bonchev–Trinajstić information content (AvgIpc) is 2.82. The number of aromatic hydroxyl groups is 1. The molecule has 20 heavy (non-hydrogen) atoms. The molecule has 0 spiro atoms. The van der Waals surface area contributed by atoms with E-state index in [2.05, 4.69) is 0 Å². The molecule has 1 aromatic rings. The Morgan fingerprint density at radius 1 is 1.40 bits per heavy atom. The van der Waals surface area contributed by atoms with E-state index in [9.17, 15) is 19.8 Å². The van der Waals surface area contributed by atoms with Crippen LogP contribution in [0.25, 0.3) is 0 Å². The quantitative estimate of drug-likeness (QED) is 0.862. The average molecular weight is 279 g/mol. The zero-order valence-electron chi connectivity index (χ0n) is 11.4. The first-order valence-electron chi connectivity index (χ1n) is 6.30. The molecule has 1 saturated heterocycles. The van der Waals surface area contributed by atoms with Crippen LogP contribution in [0, 0.1) is 6.92 Å². The van der Waals surface area contributed by atoms with Crippen LogP contribution in [0.3, 0.4) is 0 Å². The van der Waals surface area contributed by atoms with Crippen LogP contribution in [0.15, 0.2) is 18.2 Å². The number of carbonyl (C=O) groups excluding carboxylic acids is 1. The highest BCUT2D eigenvalue weighted by atomic mass is 16.5. The number of carboxylic acids is 1. The number of hydrogen-bond donors (Lipinski definition) is 2. The van der Waals surface area contributed by atoms with Crippen LogP contribution in [0.4, 0.5) is 0 Å². The summed E-state index contributed by atoms with van der Waals surface area (Å²) in [6.07, 6.45) is -0.0443. The Morgan fingerprint density at radius 3 is 2.65 bits per heavy atom. The van der Waals surface area contributed by atoms with Gasteiger partial charge in [-0.15, -0.1) is 0 Å². The molecule has 1 aliphatic rings. The van der Waals surface area contributed by atoms with Crippen LogP contribution in [0.2, 0.25) is 0 Å². The van der Waals surface area contributed by atoms with Crippen molar-refractivity contribution in [3.8, 4) is 5.75 Å². The molecular formula is C14H17NO5. The van der Waals surface area contributed by atoms with Gasteiger partial charge < -0.3 is 19.8 Å². The van der Waals surface area contributed by atoms with Crippen molar-refractivity contribution >= 4 is 11.9 Å². The lowest BCUT2D eigenvalue weighted by Gasteiger charge is -2.21. The van der Waals surface area contributed by atoms with Crippen LogP contribution < -0.4 is 0 Å². The molecule has 108 valence electrons.